The van der Waals surface area contributed by atoms with E-state index in [1.165, 1.54) is 16.1 Å². The summed E-state index contributed by atoms with van der Waals surface area (Å²) in [5.74, 6) is 6.53. The highest BCUT2D eigenvalue weighted by atomic mass is 35.5. The van der Waals surface area contributed by atoms with Crippen LogP contribution in [0.25, 0.3) is 11.3 Å². The molecule has 250 valence electrons. The second-order valence-corrected chi connectivity index (χ2v) is 15.0. The number of benzene rings is 3. The Morgan fingerprint density at radius 2 is 1.65 bits per heavy atom. The van der Waals surface area contributed by atoms with Crippen molar-refractivity contribution < 1.29 is 13.2 Å². The zero-order valence-electron chi connectivity index (χ0n) is 26.8. The molecular formula is C36H38Cl2N6O3S. The van der Waals surface area contributed by atoms with E-state index in [0.717, 1.165) is 71.3 Å². The first-order chi connectivity index (χ1) is 23.1. The van der Waals surface area contributed by atoms with Gasteiger partial charge in [0, 0.05) is 91.7 Å². The minimum absolute atomic E-state index is 0.0537. The number of nitrogens with zero attached hydrogens (tertiary/aromatic N) is 4. The number of aromatic nitrogens is 2. The summed E-state index contributed by atoms with van der Waals surface area (Å²) in [5, 5.41) is 12.6. The van der Waals surface area contributed by atoms with E-state index in [1.807, 2.05) is 59.3 Å². The number of piperazine rings is 1. The first kappa shape index (κ1) is 34.2. The van der Waals surface area contributed by atoms with Crippen molar-refractivity contribution in [3.8, 4) is 23.1 Å². The lowest BCUT2D eigenvalue weighted by Crippen LogP contribution is -2.47. The fraction of sp³-hybridized carbons (Fsp3) is 0.333. The molecule has 2 aliphatic rings. The van der Waals surface area contributed by atoms with Crippen molar-refractivity contribution >= 4 is 39.1 Å². The molecule has 2 N–H and O–H groups in total. The number of rotatable bonds is 10. The summed E-state index contributed by atoms with van der Waals surface area (Å²) in [7, 11) is -3.37. The van der Waals surface area contributed by atoms with E-state index in [-0.39, 0.29) is 12.5 Å². The number of amides is 1. The Morgan fingerprint density at radius 1 is 0.917 bits per heavy atom. The number of hydrogen-bond donors (Lipinski definition) is 2. The second-order valence-electron chi connectivity index (χ2n) is 12.2. The van der Waals surface area contributed by atoms with E-state index in [2.05, 4.69) is 39.5 Å². The summed E-state index contributed by atoms with van der Waals surface area (Å²) < 4.78 is 28.5. The zero-order chi connectivity index (χ0) is 33.7. The molecule has 0 spiro atoms. The van der Waals surface area contributed by atoms with Gasteiger partial charge in [-0.15, -0.1) is 0 Å². The Kier molecular flexibility index (Phi) is 10.9. The van der Waals surface area contributed by atoms with Crippen molar-refractivity contribution in [2.24, 2.45) is 0 Å². The molecule has 48 heavy (non-hydrogen) atoms. The molecule has 0 unspecified atom stereocenters. The van der Waals surface area contributed by atoms with Gasteiger partial charge < -0.3 is 10.6 Å². The standard InChI is InChI=1S/C36H38Cl2N6O3S/c1-48(46,47)43-19-15-34-32(24-43)36(41-44(34)18-2-17-42-20-16-40-35(45)25-42)30-11-14-33(38)29(21-30)10-7-26-3-5-27(6-4-26)22-39-23-28-8-12-31(37)13-9-28/h3-6,8-9,11-14,21,39H,2,15-20,22-25H2,1H3,(H,40,45). The summed E-state index contributed by atoms with van der Waals surface area (Å²) in [4.78, 5) is 13.9. The van der Waals surface area contributed by atoms with Crippen LogP contribution in [-0.2, 0) is 47.4 Å². The number of aryl methyl sites for hydroxylation is 1. The SMILES string of the molecule is CS(=O)(=O)N1CCc2c(c(-c3ccc(Cl)c(C#Cc4ccc(CNCc5ccc(Cl)cc5)cc4)c3)nn2CCCN2CCNC(=O)C2)C1. The monoisotopic (exact) mass is 704 g/mol. The topological polar surface area (TPSA) is 99.6 Å². The van der Waals surface area contributed by atoms with Crippen molar-refractivity contribution in [3.63, 3.8) is 0 Å². The lowest BCUT2D eigenvalue weighted by Gasteiger charge is -2.27. The fourth-order valence-electron chi connectivity index (χ4n) is 6.06. The van der Waals surface area contributed by atoms with Crippen molar-refractivity contribution in [1.82, 2.24) is 29.6 Å². The predicted octanol–water partition coefficient (Wildman–Crippen LogP) is 4.69. The second kappa shape index (κ2) is 15.2. The molecule has 1 saturated heterocycles. The fourth-order valence-corrected chi connectivity index (χ4v) is 7.14. The van der Waals surface area contributed by atoms with Crippen LogP contribution < -0.4 is 10.6 Å². The lowest BCUT2D eigenvalue weighted by atomic mass is 10.0. The Labute approximate surface area is 292 Å². The van der Waals surface area contributed by atoms with Crippen LogP contribution in [0.1, 0.15) is 39.9 Å². The van der Waals surface area contributed by atoms with Crippen LogP contribution in [0.2, 0.25) is 10.0 Å². The first-order valence-electron chi connectivity index (χ1n) is 16.0. The highest BCUT2D eigenvalue weighted by molar-refractivity contribution is 7.88. The van der Waals surface area contributed by atoms with Gasteiger partial charge in [-0.3, -0.25) is 14.4 Å². The molecule has 9 nitrogen and oxygen atoms in total. The molecule has 0 bridgehead atoms. The highest BCUT2D eigenvalue weighted by Crippen LogP contribution is 2.33. The van der Waals surface area contributed by atoms with Gasteiger partial charge in [-0.25, -0.2) is 8.42 Å². The number of halogens is 2. The molecule has 12 heteroatoms. The maximum atomic E-state index is 12.5. The van der Waals surface area contributed by atoms with E-state index in [4.69, 9.17) is 28.3 Å². The van der Waals surface area contributed by atoms with Gasteiger partial charge in [0.05, 0.1) is 23.5 Å². The summed E-state index contributed by atoms with van der Waals surface area (Å²) in [6.07, 6.45) is 2.65. The van der Waals surface area contributed by atoms with Gasteiger partial charge in [0.2, 0.25) is 15.9 Å². The molecule has 0 radical (unpaired) electrons. The van der Waals surface area contributed by atoms with Crippen LogP contribution >= 0.6 is 23.2 Å². The van der Waals surface area contributed by atoms with E-state index < -0.39 is 10.0 Å². The number of hydrogen-bond acceptors (Lipinski definition) is 6. The Balaban J connectivity index is 1.18. The van der Waals surface area contributed by atoms with E-state index in [0.29, 0.717) is 43.2 Å². The van der Waals surface area contributed by atoms with Crippen LogP contribution in [0.5, 0.6) is 0 Å². The number of carbonyl (C=O) groups is 1. The van der Waals surface area contributed by atoms with Gasteiger partial charge in [-0.1, -0.05) is 65.4 Å². The number of sulfonamides is 1. The molecule has 3 heterocycles. The maximum Gasteiger partial charge on any atom is 0.234 e. The summed E-state index contributed by atoms with van der Waals surface area (Å²) in [6.45, 7) is 5.52. The molecular weight excluding hydrogens is 667 g/mol. The van der Waals surface area contributed by atoms with Crippen molar-refractivity contribution in [3.05, 3.63) is 110 Å². The molecule has 4 aromatic rings. The van der Waals surface area contributed by atoms with Crippen LogP contribution in [0.15, 0.2) is 66.7 Å². The molecule has 0 atom stereocenters. The summed E-state index contributed by atoms with van der Waals surface area (Å²) in [5.41, 5.74) is 7.40. The third-order valence-corrected chi connectivity index (χ3v) is 10.5. The van der Waals surface area contributed by atoms with Gasteiger partial charge >= 0.3 is 0 Å². The lowest BCUT2D eigenvalue weighted by molar-refractivity contribution is -0.124. The minimum atomic E-state index is -3.37. The predicted molar refractivity (Wildman–Crippen MR) is 190 cm³/mol. The molecule has 0 saturated carbocycles. The third-order valence-electron chi connectivity index (χ3n) is 8.64. The van der Waals surface area contributed by atoms with Crippen molar-refractivity contribution in [2.45, 2.75) is 39.0 Å². The Bertz CT molecular complexity index is 1950. The van der Waals surface area contributed by atoms with Gasteiger partial charge in [0.15, 0.2) is 0 Å². The number of nitrogens with one attached hydrogen (secondary N) is 2. The van der Waals surface area contributed by atoms with E-state index in [1.54, 1.807) is 0 Å². The van der Waals surface area contributed by atoms with Crippen molar-refractivity contribution in [2.75, 3.05) is 39.0 Å². The minimum Gasteiger partial charge on any atom is -0.354 e. The average molecular weight is 706 g/mol. The molecule has 2 aliphatic heterocycles. The average Bonchev–Trinajstić information content (AvgIpc) is 3.43. The Morgan fingerprint density at radius 3 is 2.35 bits per heavy atom. The largest absolute Gasteiger partial charge is 0.354 e. The highest BCUT2D eigenvalue weighted by Gasteiger charge is 2.30. The normalized spacial score (nSPS) is 15.4. The first-order valence-corrected chi connectivity index (χ1v) is 18.6. The third kappa shape index (κ3) is 8.66. The molecule has 0 aliphatic carbocycles. The van der Waals surface area contributed by atoms with E-state index in [9.17, 15) is 13.2 Å². The van der Waals surface area contributed by atoms with Gasteiger partial charge in [-0.2, -0.15) is 9.40 Å². The molecule has 1 amide bonds. The van der Waals surface area contributed by atoms with Gasteiger partial charge in [0.25, 0.3) is 0 Å². The zero-order valence-corrected chi connectivity index (χ0v) is 29.1. The number of carbonyl (C=O) groups excluding carboxylic acids is 1. The van der Waals surface area contributed by atoms with Gasteiger partial charge in [0.1, 0.15) is 0 Å². The van der Waals surface area contributed by atoms with E-state index >= 15 is 0 Å². The van der Waals surface area contributed by atoms with Crippen molar-refractivity contribution in [1.29, 1.82) is 0 Å². The smallest absolute Gasteiger partial charge is 0.234 e. The van der Waals surface area contributed by atoms with Crippen LogP contribution in [0, 0.1) is 11.8 Å². The summed E-state index contributed by atoms with van der Waals surface area (Å²) in [6, 6.07) is 21.6. The quantitative estimate of drug-likeness (QED) is 0.233. The van der Waals surface area contributed by atoms with Crippen LogP contribution in [-0.4, -0.2) is 72.3 Å². The van der Waals surface area contributed by atoms with Crippen LogP contribution in [0.4, 0.5) is 0 Å². The number of fused-ring (bicyclic) bond motifs is 1. The molecule has 3 aromatic carbocycles. The Hall–Kier alpha value is -3.69. The maximum absolute atomic E-state index is 12.5. The van der Waals surface area contributed by atoms with Crippen LogP contribution in [0.3, 0.4) is 0 Å². The molecule has 1 aromatic heterocycles. The molecule has 1 fully saturated rings. The summed E-state index contributed by atoms with van der Waals surface area (Å²) >= 11 is 12.6. The van der Waals surface area contributed by atoms with Gasteiger partial charge in [-0.05, 0) is 53.9 Å². The molecule has 6 rings (SSSR count).